The minimum absolute atomic E-state index is 0.197. The van der Waals surface area contributed by atoms with Gasteiger partial charge in [-0.1, -0.05) is 0 Å². The molecule has 4 rings (SSSR count). The molecule has 4 aliphatic heterocycles. The number of amides is 12. The Morgan fingerprint density at radius 2 is 0.667 bits per heavy atom. The van der Waals surface area contributed by atoms with Gasteiger partial charge in [0.05, 0.1) is 32.5 Å². The van der Waals surface area contributed by atoms with Crippen LogP contribution in [0.25, 0.3) is 0 Å². The quantitative estimate of drug-likeness (QED) is 0.0269. The fraction of sp³-hybridized carbons (Fsp3) is 0.764. The number of carbonyl (C=O) groups excluding carboxylic acids is 12. The fourth-order valence-corrected chi connectivity index (χ4v) is 13.3. The van der Waals surface area contributed by atoms with E-state index in [9.17, 15) is 158 Å². The lowest BCUT2D eigenvalue weighted by molar-refractivity contribution is -0.333. The third-order valence-corrected chi connectivity index (χ3v) is 20.4. The molecule has 0 aromatic heterocycles. The predicted molar refractivity (Wildman–Crippen MR) is 413 cm³/mol. The van der Waals surface area contributed by atoms with Crippen molar-refractivity contribution in [2.75, 3.05) is 26.4 Å². The lowest BCUT2D eigenvalue weighted by atomic mass is 9.94. The maximum atomic E-state index is 13.9. The molecule has 0 aromatic rings. The standard InChI is InChI=1S/C72H118N14O40/c1-24(75-60(103)28(5)119-55-47(80-31(8)92)69(117)121-41(22-89)53(55)125-71-45(74)51(98)49(96)39(20-87)123-71)57(100)85-37(67(113)114)16-18-43(94)82-34(13-10-12-33(73)65(109)110)62(105)77-26(3)59(102)84-36(66(111)112)15-11-14-35(63(106)78-27(4)64(107)108)83-44(95)19-17-38(68(115)116)86-58(101)25(2)76-61(104)29(6)120-56-48(81-32(9)93)70(118)122-42(23-90)54(56)126-72-46(79-30(7)91)52(99)50(97)40(21-88)124-72/h24-29,33-42,45-56,69-72,87-90,96-99,117-118H,10-23,73-74H2,1-9H3,(H,75,103)(H,76,104)(H,77,105)(H,78,106)(H,79,91)(H,80,92)(H,81,93)(H,82,94)(H,83,95)(H,84,102)(H,85,100)(H,86,101)(H,107,108)(H,109,110)(H,111,112)(H,113,114)(H,115,116). The van der Waals surface area contributed by atoms with Gasteiger partial charge in [-0.3, -0.25) is 67.1 Å². The number of rotatable bonds is 50. The van der Waals surface area contributed by atoms with Crippen molar-refractivity contribution >= 4 is 101 Å². The van der Waals surface area contributed by atoms with E-state index in [-0.39, 0.29) is 12.8 Å². The van der Waals surface area contributed by atoms with E-state index in [1.54, 1.807) is 0 Å². The molecule has 0 radical (unpaired) electrons. The Kier molecular flexibility index (Phi) is 44.1. The number of nitrogens with two attached hydrogens (primary N) is 2. The van der Waals surface area contributed by atoms with Gasteiger partial charge >= 0.3 is 29.8 Å². The average molecular weight is 1820 g/mol. The minimum atomic E-state index is -1.99. The van der Waals surface area contributed by atoms with Crippen LogP contribution >= 0.6 is 0 Å². The van der Waals surface area contributed by atoms with Crippen molar-refractivity contribution < 1.29 is 196 Å². The second-order valence-electron chi connectivity index (χ2n) is 30.4. The Labute approximate surface area is 717 Å². The second kappa shape index (κ2) is 51.3. The molecule has 54 nitrogen and oxygen atoms in total. The first-order valence-corrected chi connectivity index (χ1v) is 39.9. The Bertz CT molecular complexity index is 3740. The molecule has 126 heavy (non-hydrogen) atoms. The summed E-state index contributed by atoms with van der Waals surface area (Å²) in [5, 5.41) is 181. The Morgan fingerprint density at radius 3 is 1.02 bits per heavy atom. The second-order valence-corrected chi connectivity index (χ2v) is 30.4. The van der Waals surface area contributed by atoms with Crippen LogP contribution in [0.1, 0.15) is 127 Å². The van der Waals surface area contributed by atoms with Crippen molar-refractivity contribution in [1.82, 2.24) is 63.8 Å². The minimum Gasteiger partial charge on any atom is -0.480 e. The van der Waals surface area contributed by atoms with E-state index < -0.39 is 374 Å². The first-order chi connectivity index (χ1) is 58.9. The molecule has 32 atom stereocenters. The van der Waals surface area contributed by atoms with Crippen molar-refractivity contribution in [2.45, 2.75) is 322 Å². The van der Waals surface area contributed by atoms with Gasteiger partial charge in [-0.05, 0) is 92.9 Å². The van der Waals surface area contributed by atoms with Crippen LogP contribution < -0.4 is 75.3 Å². The van der Waals surface area contributed by atoms with E-state index in [0.29, 0.717) is 0 Å². The van der Waals surface area contributed by atoms with Gasteiger partial charge in [0, 0.05) is 33.6 Å². The highest BCUT2D eigenvalue weighted by molar-refractivity contribution is 5.95. The zero-order chi connectivity index (χ0) is 95.3. The van der Waals surface area contributed by atoms with Gasteiger partial charge in [0.25, 0.3) is 0 Å². The topological polar surface area (TPSA) is 864 Å². The van der Waals surface area contributed by atoms with Crippen LogP contribution in [0.15, 0.2) is 0 Å². The molecule has 54 heteroatoms. The molecule has 12 amide bonds. The van der Waals surface area contributed by atoms with Gasteiger partial charge in [-0.25, -0.2) is 14.4 Å². The molecule has 4 aliphatic rings. The Hall–Kier alpha value is -9.81. The van der Waals surface area contributed by atoms with Gasteiger partial charge in [-0.15, -0.1) is 0 Å². The number of ether oxygens (including phenoxy) is 8. The molecule has 32 unspecified atom stereocenters. The van der Waals surface area contributed by atoms with Gasteiger partial charge in [0.1, 0.15) is 164 Å². The fourth-order valence-electron chi connectivity index (χ4n) is 13.3. The molecule has 716 valence electrons. The van der Waals surface area contributed by atoms with Crippen LogP contribution in [0.3, 0.4) is 0 Å². The summed E-state index contributed by atoms with van der Waals surface area (Å²) in [5.41, 5.74) is 11.7. The summed E-state index contributed by atoms with van der Waals surface area (Å²) >= 11 is 0. The highest BCUT2D eigenvalue weighted by atomic mass is 16.7. The van der Waals surface area contributed by atoms with Crippen LogP contribution in [-0.4, -0.2) is 399 Å². The Balaban J connectivity index is 1.40. The zero-order valence-corrected chi connectivity index (χ0v) is 69.9. The van der Waals surface area contributed by atoms with E-state index in [2.05, 4.69) is 63.8 Å². The maximum Gasteiger partial charge on any atom is 0.326 e. The van der Waals surface area contributed by atoms with Crippen LogP contribution in [-0.2, 0) is 119 Å². The van der Waals surface area contributed by atoms with Crippen molar-refractivity contribution in [3.8, 4) is 0 Å². The number of carboxylic acid groups (broad SMARTS) is 5. The SMILES string of the molecule is CC(=O)NC1C(OC2C(CO)OC(O)C(NC(C)=O)C2OC(C)C(=O)NC(C)C(=O)NC(CCC(=O)NC(CCCC(NC(=O)C(C)NC(=O)C(CCCC(N)C(=O)O)NC(=O)CCC(NC(=O)C(C)NC(=O)C(C)OC2C(NC(C)=O)C(O)OC(CO)C2OC2OC(CO)C(O)C(O)C2N)C(=O)O)C(=O)O)C(=O)NC(C)C(=O)O)C(=O)O)OC(CO)C(O)C1O. The molecule has 0 aromatic carbocycles. The van der Waals surface area contributed by atoms with Gasteiger partial charge in [0.2, 0.25) is 70.9 Å². The number of nitrogens with one attached hydrogen (secondary N) is 12. The summed E-state index contributed by atoms with van der Waals surface area (Å²) in [6.07, 6.45) is -36.3. The Morgan fingerprint density at radius 1 is 0.341 bits per heavy atom. The van der Waals surface area contributed by atoms with Crippen LogP contribution in [0.2, 0.25) is 0 Å². The lowest BCUT2D eigenvalue weighted by Gasteiger charge is -2.48. The van der Waals surface area contributed by atoms with Crippen molar-refractivity contribution in [2.24, 2.45) is 11.5 Å². The average Bonchev–Trinajstić information content (AvgIpc) is 0.777. The molecular formula is C72H118N14O40. The number of hydrogen-bond donors (Lipinski definition) is 29. The molecule has 4 heterocycles. The largest absolute Gasteiger partial charge is 0.480 e. The van der Waals surface area contributed by atoms with Crippen LogP contribution in [0.5, 0.6) is 0 Å². The monoisotopic (exact) mass is 1820 g/mol. The van der Waals surface area contributed by atoms with E-state index in [0.717, 1.165) is 62.3 Å². The molecular weight excluding hydrogens is 1700 g/mol. The normalized spacial score (nSPS) is 28.8. The molecule has 0 bridgehead atoms. The highest BCUT2D eigenvalue weighted by Gasteiger charge is 2.55. The molecule has 0 spiro atoms. The zero-order valence-electron chi connectivity index (χ0n) is 69.9. The maximum absolute atomic E-state index is 13.9. The van der Waals surface area contributed by atoms with E-state index in [4.69, 9.17) is 49.4 Å². The van der Waals surface area contributed by atoms with E-state index >= 15 is 0 Å². The number of aliphatic hydroxyl groups excluding tert-OH is 10. The molecule has 31 N–H and O–H groups in total. The molecule has 4 fully saturated rings. The highest BCUT2D eigenvalue weighted by Crippen LogP contribution is 2.34. The molecule has 0 aliphatic carbocycles. The number of carbonyl (C=O) groups is 17. The van der Waals surface area contributed by atoms with Crippen LogP contribution in [0, 0.1) is 0 Å². The van der Waals surface area contributed by atoms with Crippen LogP contribution in [0.4, 0.5) is 0 Å². The summed E-state index contributed by atoms with van der Waals surface area (Å²) in [5.74, 6) is -20.8. The third kappa shape index (κ3) is 32.5. The first-order valence-electron chi connectivity index (χ1n) is 39.9. The number of carboxylic acids is 5. The first kappa shape index (κ1) is 109. The summed E-state index contributed by atoms with van der Waals surface area (Å²) in [6, 6.07) is -23.5. The molecule has 4 saturated heterocycles. The number of aliphatic carboxylic acids is 5. The summed E-state index contributed by atoms with van der Waals surface area (Å²) in [7, 11) is 0. The number of hydrogen-bond acceptors (Lipinski definition) is 37. The summed E-state index contributed by atoms with van der Waals surface area (Å²) in [6.45, 7) is 6.00. The smallest absolute Gasteiger partial charge is 0.326 e. The summed E-state index contributed by atoms with van der Waals surface area (Å²) in [4.78, 5) is 221. The van der Waals surface area contributed by atoms with Crippen molar-refractivity contribution in [3.05, 3.63) is 0 Å². The van der Waals surface area contributed by atoms with Gasteiger partial charge in [0.15, 0.2) is 25.2 Å². The van der Waals surface area contributed by atoms with E-state index in [1.807, 2.05) is 0 Å². The van der Waals surface area contributed by atoms with E-state index in [1.165, 1.54) is 0 Å². The van der Waals surface area contributed by atoms with Gasteiger partial charge in [-0.2, -0.15) is 0 Å². The summed E-state index contributed by atoms with van der Waals surface area (Å²) < 4.78 is 46.1. The van der Waals surface area contributed by atoms with Gasteiger partial charge < -0.3 is 190 Å². The number of aliphatic hydroxyl groups is 10. The van der Waals surface area contributed by atoms with Crippen molar-refractivity contribution in [3.63, 3.8) is 0 Å². The molecule has 0 saturated carbocycles. The lowest BCUT2D eigenvalue weighted by Crippen LogP contribution is -2.70. The third-order valence-electron chi connectivity index (χ3n) is 20.4. The van der Waals surface area contributed by atoms with Crippen molar-refractivity contribution in [1.29, 1.82) is 0 Å². The predicted octanol–water partition coefficient (Wildman–Crippen LogP) is -14.5.